The Kier molecular flexibility index (Phi) is 3.85. The highest BCUT2D eigenvalue weighted by Crippen LogP contribution is 2.33. The zero-order valence-corrected chi connectivity index (χ0v) is 12.4. The van der Waals surface area contributed by atoms with Crippen LogP contribution in [0.1, 0.15) is 31.4 Å². The van der Waals surface area contributed by atoms with Gasteiger partial charge >= 0.3 is 0 Å². The molecule has 0 radical (unpaired) electrons. The predicted molar refractivity (Wildman–Crippen MR) is 79.4 cm³/mol. The molecule has 1 saturated heterocycles. The highest BCUT2D eigenvalue weighted by atomic mass is 16.7. The summed E-state index contributed by atoms with van der Waals surface area (Å²) >= 11 is 0. The Morgan fingerprint density at radius 3 is 2.75 bits per heavy atom. The Bertz CT molecular complexity index is 480. The first-order valence-corrected chi connectivity index (χ1v) is 7.46. The summed E-state index contributed by atoms with van der Waals surface area (Å²) in [7, 11) is 0. The van der Waals surface area contributed by atoms with Gasteiger partial charge in [-0.3, -0.25) is 4.90 Å². The molecule has 0 aliphatic carbocycles. The van der Waals surface area contributed by atoms with Gasteiger partial charge in [0.25, 0.3) is 0 Å². The van der Waals surface area contributed by atoms with E-state index in [1.54, 1.807) is 0 Å². The van der Waals surface area contributed by atoms with E-state index in [2.05, 4.69) is 18.7 Å². The maximum Gasteiger partial charge on any atom is 0.189 e. The van der Waals surface area contributed by atoms with Crippen LogP contribution in [0.5, 0.6) is 5.75 Å². The Morgan fingerprint density at radius 2 is 2.00 bits per heavy atom. The van der Waals surface area contributed by atoms with Gasteiger partial charge in [0, 0.05) is 36.4 Å². The first-order chi connectivity index (χ1) is 9.61. The Balaban J connectivity index is 1.81. The fraction of sp³-hybridized carbons (Fsp3) is 0.625. The number of piperidine rings is 1. The second-order valence-electron chi connectivity index (χ2n) is 6.42. The number of rotatable bonds is 2. The van der Waals surface area contributed by atoms with Crippen LogP contribution in [0.4, 0.5) is 5.69 Å². The highest BCUT2D eigenvalue weighted by Gasteiger charge is 2.24. The van der Waals surface area contributed by atoms with Crippen LogP contribution in [0.15, 0.2) is 12.1 Å². The van der Waals surface area contributed by atoms with Crippen molar-refractivity contribution >= 4 is 5.69 Å². The summed E-state index contributed by atoms with van der Waals surface area (Å²) in [6.07, 6.45) is 1.33. The van der Waals surface area contributed by atoms with Crippen molar-refractivity contribution in [1.29, 1.82) is 0 Å². The van der Waals surface area contributed by atoms with Crippen molar-refractivity contribution in [3.63, 3.8) is 0 Å². The molecule has 3 rings (SSSR count). The second-order valence-corrected chi connectivity index (χ2v) is 6.42. The molecule has 2 heterocycles. The van der Waals surface area contributed by atoms with Crippen molar-refractivity contribution in [2.24, 2.45) is 11.8 Å². The number of benzene rings is 1. The van der Waals surface area contributed by atoms with E-state index in [1.165, 1.54) is 12.0 Å². The molecule has 4 heteroatoms. The topological polar surface area (TPSA) is 47.7 Å². The molecular weight excluding hydrogens is 252 g/mol. The SMILES string of the molecule is CC1CC(C)CN(Cc2cc(N)cc3c2OCOC3)C1. The Hall–Kier alpha value is -1.26. The molecule has 2 N–H and O–H groups in total. The lowest BCUT2D eigenvalue weighted by Crippen LogP contribution is -2.38. The second kappa shape index (κ2) is 5.62. The Morgan fingerprint density at radius 1 is 1.25 bits per heavy atom. The summed E-state index contributed by atoms with van der Waals surface area (Å²) in [5, 5.41) is 0. The van der Waals surface area contributed by atoms with Gasteiger partial charge in [0.2, 0.25) is 0 Å². The van der Waals surface area contributed by atoms with Crippen molar-refractivity contribution in [3.8, 4) is 5.75 Å². The van der Waals surface area contributed by atoms with Crippen molar-refractivity contribution in [3.05, 3.63) is 23.3 Å². The quantitative estimate of drug-likeness (QED) is 0.844. The fourth-order valence-electron chi connectivity index (χ4n) is 3.61. The molecule has 4 nitrogen and oxygen atoms in total. The third kappa shape index (κ3) is 2.91. The number of anilines is 1. The van der Waals surface area contributed by atoms with Gasteiger partial charge in [-0.25, -0.2) is 0 Å². The van der Waals surface area contributed by atoms with Gasteiger partial charge in [0.1, 0.15) is 5.75 Å². The maximum atomic E-state index is 6.01. The maximum absolute atomic E-state index is 6.01. The zero-order chi connectivity index (χ0) is 14.1. The number of likely N-dealkylation sites (tertiary alicyclic amines) is 1. The van der Waals surface area contributed by atoms with E-state index in [0.717, 1.165) is 48.5 Å². The molecule has 1 aromatic rings. The number of ether oxygens (including phenoxy) is 2. The predicted octanol–water partition coefficient (Wildman–Crippen LogP) is 2.61. The van der Waals surface area contributed by atoms with E-state index in [0.29, 0.717) is 13.4 Å². The Labute approximate surface area is 120 Å². The van der Waals surface area contributed by atoms with E-state index in [-0.39, 0.29) is 0 Å². The summed E-state index contributed by atoms with van der Waals surface area (Å²) in [5.74, 6) is 2.51. The van der Waals surface area contributed by atoms with Crippen LogP contribution in [-0.2, 0) is 17.9 Å². The number of nitrogens with zero attached hydrogens (tertiary/aromatic N) is 1. The van der Waals surface area contributed by atoms with Crippen molar-refractivity contribution < 1.29 is 9.47 Å². The normalized spacial score (nSPS) is 26.9. The van der Waals surface area contributed by atoms with Crippen molar-refractivity contribution in [2.75, 3.05) is 25.6 Å². The van der Waals surface area contributed by atoms with Crippen LogP contribution in [-0.4, -0.2) is 24.8 Å². The van der Waals surface area contributed by atoms with Crippen LogP contribution >= 0.6 is 0 Å². The van der Waals surface area contributed by atoms with Gasteiger partial charge in [-0.15, -0.1) is 0 Å². The minimum Gasteiger partial charge on any atom is -0.467 e. The monoisotopic (exact) mass is 276 g/mol. The van der Waals surface area contributed by atoms with E-state index in [1.807, 2.05) is 12.1 Å². The lowest BCUT2D eigenvalue weighted by molar-refractivity contribution is -0.0176. The summed E-state index contributed by atoms with van der Waals surface area (Å²) in [4.78, 5) is 2.52. The molecule has 0 spiro atoms. The minimum absolute atomic E-state index is 0.344. The number of fused-ring (bicyclic) bond motifs is 1. The number of nitrogens with two attached hydrogens (primary N) is 1. The molecule has 1 fully saturated rings. The van der Waals surface area contributed by atoms with Crippen LogP contribution in [0.25, 0.3) is 0 Å². The standard InChI is InChI=1S/C16H24N2O2/c1-11-3-12(2)7-18(6-11)8-13-4-15(17)5-14-9-19-10-20-16(13)14/h4-5,11-12H,3,6-10,17H2,1-2H3. The lowest BCUT2D eigenvalue weighted by Gasteiger charge is -2.35. The summed E-state index contributed by atoms with van der Waals surface area (Å²) < 4.78 is 11.0. The van der Waals surface area contributed by atoms with Crippen molar-refractivity contribution in [2.45, 2.75) is 33.4 Å². The van der Waals surface area contributed by atoms with Gasteiger partial charge in [-0.2, -0.15) is 0 Å². The fourth-order valence-corrected chi connectivity index (χ4v) is 3.61. The third-order valence-electron chi connectivity index (χ3n) is 4.15. The van der Waals surface area contributed by atoms with Crippen LogP contribution in [0.2, 0.25) is 0 Å². The first-order valence-electron chi connectivity index (χ1n) is 7.46. The third-order valence-corrected chi connectivity index (χ3v) is 4.15. The van der Waals surface area contributed by atoms with E-state index >= 15 is 0 Å². The largest absolute Gasteiger partial charge is 0.467 e. The van der Waals surface area contributed by atoms with Gasteiger partial charge in [0.15, 0.2) is 6.79 Å². The summed E-state index contributed by atoms with van der Waals surface area (Å²) in [5.41, 5.74) is 9.08. The van der Waals surface area contributed by atoms with Crippen LogP contribution in [0.3, 0.4) is 0 Å². The number of nitrogen functional groups attached to an aromatic ring is 1. The van der Waals surface area contributed by atoms with E-state index < -0.39 is 0 Å². The van der Waals surface area contributed by atoms with Crippen molar-refractivity contribution in [1.82, 2.24) is 4.90 Å². The van der Waals surface area contributed by atoms with Gasteiger partial charge in [-0.1, -0.05) is 13.8 Å². The van der Waals surface area contributed by atoms with Gasteiger partial charge in [0.05, 0.1) is 6.61 Å². The molecular formula is C16H24N2O2. The number of hydrogen-bond acceptors (Lipinski definition) is 4. The smallest absolute Gasteiger partial charge is 0.189 e. The van der Waals surface area contributed by atoms with Gasteiger partial charge < -0.3 is 15.2 Å². The molecule has 2 aliphatic heterocycles. The van der Waals surface area contributed by atoms with Crippen LogP contribution < -0.4 is 10.5 Å². The molecule has 2 unspecified atom stereocenters. The summed E-state index contributed by atoms with van der Waals surface area (Å²) in [6.45, 7) is 8.84. The molecule has 110 valence electrons. The average Bonchev–Trinajstić information content (AvgIpc) is 2.37. The van der Waals surface area contributed by atoms with Gasteiger partial charge in [-0.05, 0) is 30.4 Å². The van der Waals surface area contributed by atoms with E-state index in [9.17, 15) is 0 Å². The molecule has 0 saturated carbocycles. The molecule has 2 aliphatic rings. The lowest BCUT2D eigenvalue weighted by atomic mass is 9.91. The molecule has 0 amide bonds. The average molecular weight is 276 g/mol. The molecule has 0 bridgehead atoms. The first kappa shape index (κ1) is 13.7. The minimum atomic E-state index is 0.344. The molecule has 20 heavy (non-hydrogen) atoms. The zero-order valence-electron chi connectivity index (χ0n) is 12.4. The molecule has 2 atom stereocenters. The summed E-state index contributed by atoms with van der Waals surface area (Å²) in [6, 6.07) is 4.01. The highest BCUT2D eigenvalue weighted by molar-refractivity contribution is 5.53. The molecule has 0 aromatic heterocycles. The van der Waals surface area contributed by atoms with Crippen LogP contribution in [0, 0.1) is 11.8 Å². The van der Waals surface area contributed by atoms with E-state index in [4.69, 9.17) is 15.2 Å². The molecule has 1 aromatic carbocycles. The number of hydrogen-bond donors (Lipinski definition) is 1.